The van der Waals surface area contributed by atoms with Gasteiger partial charge in [-0.25, -0.2) is 8.42 Å². The molecule has 1 aliphatic rings. The van der Waals surface area contributed by atoms with Crippen molar-refractivity contribution >= 4 is 32.6 Å². The molecule has 0 amide bonds. The number of aryl methyl sites for hydroxylation is 1. The SMILES string of the molecule is Cc1ccc(S(=O)(=O)N2[C@@H](c3ccccc3)C[C@H](I)[C@H]2c2ccccc2)cc1. The summed E-state index contributed by atoms with van der Waals surface area (Å²) in [5, 5.41) is 0. The maximum atomic E-state index is 13.8. The first-order valence-corrected chi connectivity index (χ1v) is 12.0. The third kappa shape index (κ3) is 3.63. The predicted molar refractivity (Wildman–Crippen MR) is 121 cm³/mol. The third-order valence-corrected chi connectivity index (χ3v) is 8.39. The molecule has 0 unspecified atom stereocenters. The normalized spacial score (nSPS) is 23.0. The van der Waals surface area contributed by atoms with Crippen molar-refractivity contribution in [2.75, 3.05) is 0 Å². The smallest absolute Gasteiger partial charge is 0.207 e. The molecular formula is C23H22INO2S. The number of hydrogen-bond acceptors (Lipinski definition) is 2. The average molecular weight is 503 g/mol. The van der Waals surface area contributed by atoms with Gasteiger partial charge in [0.1, 0.15) is 0 Å². The summed E-state index contributed by atoms with van der Waals surface area (Å²) in [4.78, 5) is 0.352. The fourth-order valence-corrected chi connectivity index (χ4v) is 7.21. The molecule has 3 aromatic rings. The molecule has 3 atom stereocenters. The van der Waals surface area contributed by atoms with Gasteiger partial charge in [0, 0.05) is 3.92 Å². The molecule has 1 fully saturated rings. The van der Waals surface area contributed by atoms with E-state index in [1.54, 1.807) is 16.4 Å². The molecule has 0 aliphatic carbocycles. The van der Waals surface area contributed by atoms with Gasteiger partial charge < -0.3 is 0 Å². The lowest BCUT2D eigenvalue weighted by molar-refractivity contribution is 0.332. The minimum Gasteiger partial charge on any atom is -0.207 e. The summed E-state index contributed by atoms with van der Waals surface area (Å²) in [5.41, 5.74) is 3.13. The molecule has 0 radical (unpaired) electrons. The fraction of sp³-hybridized carbons (Fsp3) is 0.217. The number of rotatable bonds is 4. The van der Waals surface area contributed by atoms with Gasteiger partial charge in [0.2, 0.25) is 10.0 Å². The Morgan fingerprint density at radius 2 is 1.36 bits per heavy atom. The Bertz CT molecular complexity index is 1040. The molecule has 144 valence electrons. The van der Waals surface area contributed by atoms with Crippen molar-refractivity contribution in [1.29, 1.82) is 0 Å². The molecule has 28 heavy (non-hydrogen) atoms. The lowest BCUT2D eigenvalue weighted by atomic mass is 10.0. The van der Waals surface area contributed by atoms with Gasteiger partial charge >= 0.3 is 0 Å². The van der Waals surface area contributed by atoms with E-state index in [-0.39, 0.29) is 16.0 Å². The Morgan fingerprint density at radius 1 is 0.821 bits per heavy atom. The van der Waals surface area contributed by atoms with Crippen LogP contribution in [-0.4, -0.2) is 16.6 Å². The summed E-state index contributed by atoms with van der Waals surface area (Å²) in [6.45, 7) is 1.96. The maximum Gasteiger partial charge on any atom is 0.244 e. The molecular weight excluding hydrogens is 481 g/mol. The number of sulfonamides is 1. The van der Waals surface area contributed by atoms with E-state index in [1.807, 2.05) is 79.7 Å². The molecule has 0 spiro atoms. The molecule has 3 aromatic carbocycles. The number of hydrogen-bond donors (Lipinski definition) is 0. The van der Waals surface area contributed by atoms with Gasteiger partial charge in [-0.3, -0.25) is 0 Å². The van der Waals surface area contributed by atoms with Gasteiger partial charge in [-0.1, -0.05) is 101 Å². The molecule has 1 aliphatic heterocycles. The quantitative estimate of drug-likeness (QED) is 0.340. The van der Waals surface area contributed by atoms with E-state index in [0.29, 0.717) is 4.90 Å². The van der Waals surface area contributed by atoms with E-state index in [0.717, 1.165) is 23.1 Å². The molecule has 0 N–H and O–H groups in total. The average Bonchev–Trinajstić information content (AvgIpc) is 3.08. The van der Waals surface area contributed by atoms with Crippen LogP contribution in [0.25, 0.3) is 0 Å². The van der Waals surface area contributed by atoms with Gasteiger partial charge in [0.15, 0.2) is 0 Å². The minimum atomic E-state index is -3.65. The summed E-state index contributed by atoms with van der Waals surface area (Å²) in [6.07, 6.45) is 0.787. The molecule has 3 nitrogen and oxygen atoms in total. The van der Waals surface area contributed by atoms with Crippen LogP contribution in [0.3, 0.4) is 0 Å². The van der Waals surface area contributed by atoms with Crippen molar-refractivity contribution in [2.24, 2.45) is 0 Å². The van der Waals surface area contributed by atoms with Crippen LogP contribution in [0.2, 0.25) is 0 Å². The Labute approximate surface area is 180 Å². The lowest BCUT2D eigenvalue weighted by Crippen LogP contribution is -2.34. The largest absolute Gasteiger partial charge is 0.244 e. The number of alkyl halides is 1. The molecule has 0 saturated carbocycles. The zero-order valence-corrected chi connectivity index (χ0v) is 18.5. The summed E-state index contributed by atoms with van der Waals surface area (Å²) < 4.78 is 29.5. The molecule has 5 heteroatoms. The van der Waals surface area contributed by atoms with Crippen LogP contribution in [0.5, 0.6) is 0 Å². The van der Waals surface area contributed by atoms with Crippen molar-refractivity contribution in [3.05, 3.63) is 102 Å². The lowest BCUT2D eigenvalue weighted by Gasteiger charge is -2.30. The highest BCUT2D eigenvalue weighted by Gasteiger charge is 2.48. The first-order valence-electron chi connectivity index (χ1n) is 9.32. The van der Waals surface area contributed by atoms with Crippen molar-refractivity contribution in [1.82, 2.24) is 4.31 Å². The van der Waals surface area contributed by atoms with Crippen LogP contribution >= 0.6 is 22.6 Å². The molecule has 0 aromatic heterocycles. The van der Waals surface area contributed by atoms with E-state index < -0.39 is 10.0 Å². The summed E-state index contributed by atoms with van der Waals surface area (Å²) in [7, 11) is -3.65. The Hall–Kier alpha value is -1.70. The Morgan fingerprint density at radius 3 is 1.93 bits per heavy atom. The second kappa shape index (κ2) is 7.97. The van der Waals surface area contributed by atoms with Crippen LogP contribution in [0, 0.1) is 6.92 Å². The zero-order valence-electron chi connectivity index (χ0n) is 15.6. The summed E-state index contributed by atoms with van der Waals surface area (Å²) >= 11 is 2.41. The maximum absolute atomic E-state index is 13.8. The summed E-state index contributed by atoms with van der Waals surface area (Å²) in [5.74, 6) is 0. The van der Waals surface area contributed by atoms with Gasteiger partial charge in [-0.15, -0.1) is 0 Å². The van der Waals surface area contributed by atoms with Gasteiger partial charge in [-0.2, -0.15) is 4.31 Å². The van der Waals surface area contributed by atoms with E-state index in [9.17, 15) is 8.42 Å². The van der Waals surface area contributed by atoms with Crippen molar-refractivity contribution < 1.29 is 8.42 Å². The fourth-order valence-electron chi connectivity index (χ4n) is 3.91. The zero-order chi connectivity index (χ0) is 19.7. The molecule has 0 bridgehead atoms. The van der Waals surface area contributed by atoms with Crippen LogP contribution in [0.1, 0.15) is 35.2 Å². The van der Waals surface area contributed by atoms with E-state index in [4.69, 9.17) is 0 Å². The Balaban J connectivity index is 1.86. The monoisotopic (exact) mass is 503 g/mol. The highest BCUT2D eigenvalue weighted by Crippen LogP contribution is 2.50. The van der Waals surface area contributed by atoms with Crippen LogP contribution in [0.15, 0.2) is 89.8 Å². The molecule has 4 rings (SSSR count). The van der Waals surface area contributed by atoms with Gasteiger partial charge in [0.05, 0.1) is 17.0 Å². The van der Waals surface area contributed by atoms with E-state index >= 15 is 0 Å². The van der Waals surface area contributed by atoms with Crippen molar-refractivity contribution in [3.63, 3.8) is 0 Å². The number of halogens is 1. The standard InChI is InChI=1S/C23H22INO2S/c1-17-12-14-20(15-13-17)28(26,27)25-22(18-8-4-2-5-9-18)16-21(24)23(25)19-10-6-3-7-11-19/h2-15,21-23H,16H2,1H3/t21-,22+,23+/m0/s1. The minimum absolute atomic E-state index is 0.181. The van der Waals surface area contributed by atoms with E-state index in [2.05, 4.69) is 22.6 Å². The second-order valence-corrected chi connectivity index (χ2v) is 10.6. The Kier molecular flexibility index (Phi) is 5.58. The highest BCUT2D eigenvalue weighted by molar-refractivity contribution is 14.1. The first-order chi connectivity index (χ1) is 13.5. The van der Waals surface area contributed by atoms with Crippen LogP contribution in [-0.2, 0) is 10.0 Å². The predicted octanol–water partition coefficient (Wildman–Crippen LogP) is 5.68. The van der Waals surface area contributed by atoms with Crippen molar-refractivity contribution in [3.8, 4) is 0 Å². The van der Waals surface area contributed by atoms with Gasteiger partial charge in [-0.05, 0) is 36.6 Å². The van der Waals surface area contributed by atoms with E-state index in [1.165, 1.54) is 0 Å². The highest BCUT2D eigenvalue weighted by atomic mass is 127. The number of nitrogens with zero attached hydrogens (tertiary/aromatic N) is 1. The first kappa shape index (κ1) is 19.6. The topological polar surface area (TPSA) is 37.4 Å². The summed E-state index contributed by atoms with van der Waals surface area (Å²) in [6, 6.07) is 26.7. The molecule has 1 heterocycles. The van der Waals surface area contributed by atoms with Gasteiger partial charge in [0.25, 0.3) is 0 Å². The van der Waals surface area contributed by atoms with Crippen LogP contribution in [0.4, 0.5) is 0 Å². The third-order valence-electron chi connectivity index (χ3n) is 5.29. The van der Waals surface area contributed by atoms with Crippen LogP contribution < -0.4 is 0 Å². The van der Waals surface area contributed by atoms with Crippen molar-refractivity contribution in [2.45, 2.75) is 34.2 Å². The number of benzene rings is 3. The molecule has 1 saturated heterocycles. The second-order valence-electron chi connectivity index (χ2n) is 7.18.